The maximum Gasteiger partial charge on any atom is 0.370 e. The van der Waals surface area contributed by atoms with Gasteiger partial charge in [0.2, 0.25) is 23.3 Å². The summed E-state index contributed by atoms with van der Waals surface area (Å²) in [5.74, 6) is -43.8. The van der Waals surface area contributed by atoms with Crippen LogP contribution in [0.4, 0.5) is 52.7 Å². The molecule has 0 aliphatic heterocycles. The van der Waals surface area contributed by atoms with Crippen molar-refractivity contribution in [2.75, 3.05) is 0 Å². The van der Waals surface area contributed by atoms with Gasteiger partial charge in [-0.3, -0.25) is 0 Å². The lowest BCUT2D eigenvalue weighted by atomic mass is 9.97. The van der Waals surface area contributed by atoms with E-state index in [1.807, 2.05) is 0 Å². The third-order valence-electron chi connectivity index (χ3n) is 2.28. The summed E-state index contributed by atoms with van der Waals surface area (Å²) in [4.78, 5) is 0. The van der Waals surface area contributed by atoms with Crippen molar-refractivity contribution < 1.29 is 52.7 Å². The van der Waals surface area contributed by atoms with Crippen LogP contribution in [0.25, 0.3) is 0 Å². The zero-order valence-electron chi connectivity index (χ0n) is 8.54. The lowest BCUT2D eigenvalue weighted by molar-refractivity contribution is -0.217. The summed E-state index contributed by atoms with van der Waals surface area (Å²) in [5.41, 5.74) is 0. The summed E-state index contributed by atoms with van der Waals surface area (Å²) >= 11 is 0. The molecule has 0 aromatic rings. The number of hydrogen-bond donors (Lipinski definition) is 0. The van der Waals surface area contributed by atoms with Crippen LogP contribution >= 0.6 is 0 Å². The summed E-state index contributed by atoms with van der Waals surface area (Å²) in [6, 6.07) is 0. The number of allylic oxidation sites excluding steroid dienone is 4. The monoisotopic (exact) mass is 324 g/mol. The van der Waals surface area contributed by atoms with Crippen LogP contribution in [0.15, 0.2) is 23.3 Å². The number of alkyl halides is 8. The lowest BCUT2D eigenvalue weighted by Crippen LogP contribution is -2.51. The highest BCUT2D eigenvalue weighted by atomic mass is 19.3. The van der Waals surface area contributed by atoms with Gasteiger partial charge in [0.25, 0.3) is 0 Å². The smallest absolute Gasteiger partial charge is 0.202 e. The molecule has 0 saturated heterocycles. The molecular weight excluding hydrogens is 324 g/mol. The van der Waals surface area contributed by atoms with Crippen molar-refractivity contribution in [1.29, 1.82) is 0 Å². The molecule has 0 amide bonds. The van der Waals surface area contributed by atoms with Gasteiger partial charge in [0, 0.05) is 0 Å². The van der Waals surface area contributed by atoms with Gasteiger partial charge in [0.15, 0.2) is 0 Å². The van der Waals surface area contributed by atoms with E-state index in [1.165, 1.54) is 0 Å². The summed E-state index contributed by atoms with van der Waals surface area (Å²) in [7, 11) is 0. The second-order valence-corrected chi connectivity index (χ2v) is 3.55. The van der Waals surface area contributed by atoms with E-state index in [1.54, 1.807) is 0 Å². The van der Waals surface area contributed by atoms with Crippen LogP contribution in [0, 0.1) is 0 Å². The molecule has 0 spiro atoms. The SMILES string of the molecule is F/C1=C(\F)C(F)(F)C(F)(F)/C(F)=C(/F)C(F)(F)C1(F)F. The van der Waals surface area contributed by atoms with Crippen LogP contribution in [0.3, 0.4) is 0 Å². The molecule has 0 saturated carbocycles. The molecule has 0 unspecified atom stereocenters. The van der Waals surface area contributed by atoms with E-state index in [4.69, 9.17) is 0 Å². The van der Waals surface area contributed by atoms with Crippen LogP contribution in [0.2, 0.25) is 0 Å². The van der Waals surface area contributed by atoms with Crippen LogP contribution in [0.1, 0.15) is 0 Å². The Morgan fingerprint density at radius 3 is 0.550 bits per heavy atom. The van der Waals surface area contributed by atoms with Gasteiger partial charge in [-0.05, 0) is 0 Å². The van der Waals surface area contributed by atoms with Crippen LogP contribution in [-0.4, -0.2) is 23.7 Å². The Morgan fingerprint density at radius 1 is 0.350 bits per heavy atom. The Labute approximate surface area is 101 Å². The van der Waals surface area contributed by atoms with Crippen molar-refractivity contribution in [2.24, 2.45) is 0 Å². The molecule has 0 aromatic heterocycles. The van der Waals surface area contributed by atoms with E-state index in [2.05, 4.69) is 0 Å². The van der Waals surface area contributed by atoms with Crippen LogP contribution < -0.4 is 0 Å². The van der Waals surface area contributed by atoms with E-state index in [9.17, 15) is 52.7 Å². The van der Waals surface area contributed by atoms with Crippen molar-refractivity contribution in [3.05, 3.63) is 23.3 Å². The Kier molecular flexibility index (Phi) is 3.40. The molecule has 0 fully saturated rings. The van der Waals surface area contributed by atoms with Gasteiger partial charge >= 0.3 is 23.7 Å². The Morgan fingerprint density at radius 2 is 0.450 bits per heavy atom. The molecule has 0 atom stereocenters. The molecule has 0 bridgehead atoms. The first-order chi connectivity index (χ1) is 8.63. The molecule has 0 N–H and O–H groups in total. The minimum Gasteiger partial charge on any atom is -0.202 e. The Hall–Kier alpha value is -1.36. The predicted octanol–water partition coefficient (Wildman–Crippen LogP) is 4.84. The fourth-order valence-corrected chi connectivity index (χ4v) is 1.10. The van der Waals surface area contributed by atoms with Gasteiger partial charge in [-0.2, -0.15) is 35.1 Å². The average Bonchev–Trinajstić information content (AvgIpc) is 2.33. The quantitative estimate of drug-likeness (QED) is 0.559. The first kappa shape index (κ1) is 16.7. The molecule has 12 heteroatoms. The van der Waals surface area contributed by atoms with Gasteiger partial charge in [0.05, 0.1) is 0 Å². The van der Waals surface area contributed by atoms with E-state index < -0.39 is 47.0 Å². The van der Waals surface area contributed by atoms with Crippen molar-refractivity contribution in [3.63, 3.8) is 0 Å². The molecular formula is C8F12. The highest BCUT2D eigenvalue weighted by molar-refractivity contribution is 5.35. The summed E-state index contributed by atoms with van der Waals surface area (Å²) < 4.78 is 151. The van der Waals surface area contributed by atoms with E-state index >= 15 is 0 Å². The summed E-state index contributed by atoms with van der Waals surface area (Å²) in [6.45, 7) is 0. The van der Waals surface area contributed by atoms with Crippen molar-refractivity contribution in [3.8, 4) is 0 Å². The predicted molar refractivity (Wildman–Crippen MR) is 38.3 cm³/mol. The van der Waals surface area contributed by atoms with Gasteiger partial charge in [-0.1, -0.05) is 0 Å². The number of hydrogen-bond acceptors (Lipinski definition) is 0. The minimum atomic E-state index is -6.63. The number of rotatable bonds is 0. The van der Waals surface area contributed by atoms with E-state index in [0.29, 0.717) is 0 Å². The molecule has 1 rings (SSSR count). The zero-order chi connectivity index (χ0) is 16.3. The minimum absolute atomic E-state index is 4.32. The van der Waals surface area contributed by atoms with Crippen LogP contribution in [0.5, 0.6) is 0 Å². The molecule has 1 aliphatic carbocycles. The van der Waals surface area contributed by atoms with Gasteiger partial charge < -0.3 is 0 Å². The first-order valence-corrected chi connectivity index (χ1v) is 4.27. The lowest BCUT2D eigenvalue weighted by Gasteiger charge is -2.31. The second-order valence-electron chi connectivity index (χ2n) is 3.55. The van der Waals surface area contributed by atoms with E-state index in [-0.39, 0.29) is 0 Å². The molecule has 1 aliphatic rings. The molecule has 20 heavy (non-hydrogen) atoms. The topological polar surface area (TPSA) is 0 Å². The maximum absolute atomic E-state index is 12.6. The normalized spacial score (nSPS) is 35.4. The third-order valence-corrected chi connectivity index (χ3v) is 2.28. The number of halogens is 12. The Balaban J connectivity index is 3.87. The van der Waals surface area contributed by atoms with Crippen molar-refractivity contribution in [1.82, 2.24) is 0 Å². The molecule has 0 nitrogen and oxygen atoms in total. The summed E-state index contributed by atoms with van der Waals surface area (Å²) in [5, 5.41) is 0. The third kappa shape index (κ3) is 1.72. The highest BCUT2D eigenvalue weighted by Gasteiger charge is 2.75. The molecule has 0 radical (unpaired) electrons. The largest absolute Gasteiger partial charge is 0.370 e. The fourth-order valence-electron chi connectivity index (χ4n) is 1.10. The maximum atomic E-state index is 12.6. The van der Waals surface area contributed by atoms with Gasteiger partial charge in [-0.15, -0.1) is 0 Å². The molecule has 0 aromatic carbocycles. The van der Waals surface area contributed by atoms with Gasteiger partial charge in [0.1, 0.15) is 0 Å². The van der Waals surface area contributed by atoms with E-state index in [0.717, 1.165) is 0 Å². The van der Waals surface area contributed by atoms with Crippen molar-refractivity contribution >= 4 is 0 Å². The molecule has 0 heterocycles. The highest BCUT2D eigenvalue weighted by Crippen LogP contribution is 2.57. The second kappa shape index (κ2) is 4.07. The first-order valence-electron chi connectivity index (χ1n) is 4.27. The standard InChI is InChI=1S/C8F12/c9-1-2(10)6(15,16)8(19,20)4(12)3(11)7(17,18)5(1,13)14/b2-1-,4-3-. The molecule has 116 valence electrons. The zero-order valence-corrected chi connectivity index (χ0v) is 8.54. The summed E-state index contributed by atoms with van der Waals surface area (Å²) in [6.07, 6.45) is 0. The van der Waals surface area contributed by atoms with Gasteiger partial charge in [-0.25, -0.2) is 17.6 Å². The Bertz CT molecular complexity index is 406. The average molecular weight is 324 g/mol. The van der Waals surface area contributed by atoms with Crippen LogP contribution in [-0.2, 0) is 0 Å². The van der Waals surface area contributed by atoms with Crippen molar-refractivity contribution in [2.45, 2.75) is 23.7 Å². The fraction of sp³-hybridized carbons (Fsp3) is 0.500.